The Labute approximate surface area is 117 Å². The van der Waals surface area contributed by atoms with E-state index in [0.717, 1.165) is 16.3 Å². The molecule has 94 valence electrons. The first-order chi connectivity index (χ1) is 8.63. The fourth-order valence-electron chi connectivity index (χ4n) is 1.73. The van der Waals surface area contributed by atoms with Crippen LogP contribution in [0.3, 0.4) is 0 Å². The lowest BCUT2D eigenvalue weighted by molar-refractivity contribution is 0.737. The van der Waals surface area contributed by atoms with Gasteiger partial charge in [0.15, 0.2) is 0 Å². The summed E-state index contributed by atoms with van der Waals surface area (Å²) in [5, 5.41) is 0.772. The van der Waals surface area contributed by atoms with Crippen molar-refractivity contribution in [2.75, 3.05) is 0 Å². The zero-order valence-corrected chi connectivity index (χ0v) is 11.8. The highest BCUT2D eigenvalue weighted by Gasteiger charge is 2.00. The fourth-order valence-corrected chi connectivity index (χ4v) is 2.86. The summed E-state index contributed by atoms with van der Waals surface area (Å²) in [4.78, 5) is 2.37. The second-order valence-corrected chi connectivity index (χ2v) is 5.97. The molecule has 0 heterocycles. The number of nitrogens with two attached hydrogens (primary N) is 1. The minimum Gasteiger partial charge on any atom is -0.328 e. The van der Waals surface area contributed by atoms with Crippen LogP contribution in [0, 0.1) is 0 Å². The Balaban J connectivity index is 2.06. The molecule has 0 aliphatic carbocycles. The van der Waals surface area contributed by atoms with E-state index in [1.54, 1.807) is 11.8 Å². The average molecular weight is 278 g/mol. The van der Waals surface area contributed by atoms with Crippen molar-refractivity contribution in [3.63, 3.8) is 0 Å². The highest BCUT2D eigenvalue weighted by atomic mass is 35.5. The van der Waals surface area contributed by atoms with E-state index in [-0.39, 0.29) is 6.04 Å². The molecular weight excluding hydrogens is 262 g/mol. The third kappa shape index (κ3) is 4.05. The Morgan fingerprint density at radius 1 is 1.11 bits per heavy atom. The van der Waals surface area contributed by atoms with Crippen molar-refractivity contribution < 1.29 is 0 Å². The number of benzene rings is 2. The molecule has 0 aliphatic rings. The molecule has 0 fully saturated rings. The van der Waals surface area contributed by atoms with Crippen LogP contribution in [0.5, 0.6) is 0 Å². The first kappa shape index (κ1) is 13.5. The molecular formula is C15H16ClNS. The summed E-state index contributed by atoms with van der Waals surface area (Å²) in [5.41, 5.74) is 7.06. The van der Waals surface area contributed by atoms with Gasteiger partial charge in [-0.25, -0.2) is 0 Å². The van der Waals surface area contributed by atoms with Gasteiger partial charge in [0.2, 0.25) is 0 Å². The maximum absolute atomic E-state index is 5.97. The van der Waals surface area contributed by atoms with E-state index in [1.807, 2.05) is 25.1 Å². The molecule has 2 aromatic carbocycles. The quantitative estimate of drug-likeness (QED) is 0.897. The van der Waals surface area contributed by atoms with Gasteiger partial charge in [-0.05, 0) is 49.2 Å². The Kier molecular flexibility index (Phi) is 4.70. The van der Waals surface area contributed by atoms with Gasteiger partial charge < -0.3 is 5.73 Å². The van der Waals surface area contributed by atoms with Crippen molar-refractivity contribution in [1.29, 1.82) is 0 Å². The van der Waals surface area contributed by atoms with Crippen molar-refractivity contribution in [2.24, 2.45) is 5.73 Å². The van der Waals surface area contributed by atoms with E-state index in [2.05, 4.69) is 30.3 Å². The maximum atomic E-state index is 5.97. The summed E-state index contributed by atoms with van der Waals surface area (Å²) in [6, 6.07) is 16.6. The molecule has 0 bridgehead atoms. The first-order valence-corrected chi connectivity index (χ1v) is 7.11. The smallest absolute Gasteiger partial charge is 0.0417 e. The fraction of sp³-hybridized carbons (Fsp3) is 0.200. The monoisotopic (exact) mass is 277 g/mol. The molecule has 1 nitrogen and oxygen atoms in total. The standard InChI is InChI=1S/C15H16ClNS/c1-11(17)9-12-5-7-14(8-6-12)18-15-4-2-3-13(16)10-15/h2-8,10-11H,9,17H2,1H3. The Morgan fingerprint density at radius 2 is 1.83 bits per heavy atom. The lowest BCUT2D eigenvalue weighted by Gasteiger charge is -2.06. The van der Waals surface area contributed by atoms with E-state index in [4.69, 9.17) is 17.3 Å². The third-order valence-corrected chi connectivity index (χ3v) is 3.75. The molecule has 1 atom stereocenters. The zero-order chi connectivity index (χ0) is 13.0. The maximum Gasteiger partial charge on any atom is 0.0417 e. The topological polar surface area (TPSA) is 26.0 Å². The van der Waals surface area contributed by atoms with Crippen LogP contribution >= 0.6 is 23.4 Å². The van der Waals surface area contributed by atoms with Crippen LogP contribution in [0.2, 0.25) is 5.02 Å². The van der Waals surface area contributed by atoms with Crippen LogP contribution in [0.15, 0.2) is 58.3 Å². The van der Waals surface area contributed by atoms with Gasteiger partial charge >= 0.3 is 0 Å². The van der Waals surface area contributed by atoms with Gasteiger partial charge in [0.05, 0.1) is 0 Å². The lowest BCUT2D eigenvalue weighted by atomic mass is 10.1. The SMILES string of the molecule is CC(N)Cc1ccc(Sc2cccc(Cl)c2)cc1. The molecule has 3 heteroatoms. The van der Waals surface area contributed by atoms with Crippen LogP contribution in [0.4, 0.5) is 0 Å². The summed E-state index contributed by atoms with van der Waals surface area (Å²) < 4.78 is 0. The molecule has 2 aromatic rings. The molecule has 0 saturated heterocycles. The van der Waals surface area contributed by atoms with Crippen LogP contribution in [0.25, 0.3) is 0 Å². The van der Waals surface area contributed by atoms with Gasteiger partial charge in [-0.15, -0.1) is 0 Å². The van der Waals surface area contributed by atoms with Crippen LogP contribution < -0.4 is 5.73 Å². The molecule has 18 heavy (non-hydrogen) atoms. The number of hydrogen-bond acceptors (Lipinski definition) is 2. The van der Waals surface area contributed by atoms with Crippen LogP contribution in [0.1, 0.15) is 12.5 Å². The predicted molar refractivity (Wildman–Crippen MR) is 79.4 cm³/mol. The summed E-state index contributed by atoms with van der Waals surface area (Å²) in [5.74, 6) is 0. The molecule has 2 rings (SSSR count). The van der Waals surface area contributed by atoms with Crippen molar-refractivity contribution >= 4 is 23.4 Å². The Bertz CT molecular complexity index is 508. The van der Waals surface area contributed by atoms with Gasteiger partial charge in [-0.1, -0.05) is 41.6 Å². The largest absolute Gasteiger partial charge is 0.328 e. The number of rotatable bonds is 4. The summed E-state index contributed by atoms with van der Waals surface area (Å²) in [6.07, 6.45) is 0.919. The van der Waals surface area contributed by atoms with Gasteiger partial charge in [0, 0.05) is 20.9 Å². The zero-order valence-electron chi connectivity index (χ0n) is 10.3. The highest BCUT2D eigenvalue weighted by Crippen LogP contribution is 2.29. The molecule has 0 aliphatic heterocycles. The Morgan fingerprint density at radius 3 is 2.44 bits per heavy atom. The average Bonchev–Trinajstić information content (AvgIpc) is 2.31. The van der Waals surface area contributed by atoms with E-state index >= 15 is 0 Å². The summed E-state index contributed by atoms with van der Waals surface area (Å²) in [6.45, 7) is 2.02. The van der Waals surface area contributed by atoms with E-state index in [1.165, 1.54) is 10.5 Å². The summed E-state index contributed by atoms with van der Waals surface area (Å²) >= 11 is 7.68. The molecule has 0 aromatic heterocycles. The lowest BCUT2D eigenvalue weighted by Crippen LogP contribution is -2.17. The Hall–Kier alpha value is -0.960. The van der Waals surface area contributed by atoms with Crippen LogP contribution in [-0.2, 0) is 6.42 Å². The molecule has 0 amide bonds. The minimum atomic E-state index is 0.205. The minimum absolute atomic E-state index is 0.205. The summed E-state index contributed by atoms with van der Waals surface area (Å²) in [7, 11) is 0. The number of halogens is 1. The van der Waals surface area contributed by atoms with E-state index in [9.17, 15) is 0 Å². The third-order valence-electron chi connectivity index (χ3n) is 2.51. The van der Waals surface area contributed by atoms with E-state index < -0.39 is 0 Å². The molecule has 0 saturated carbocycles. The van der Waals surface area contributed by atoms with Crippen molar-refractivity contribution in [3.05, 3.63) is 59.1 Å². The van der Waals surface area contributed by atoms with Crippen LogP contribution in [-0.4, -0.2) is 6.04 Å². The molecule has 2 N–H and O–H groups in total. The predicted octanol–water partition coefficient (Wildman–Crippen LogP) is 4.38. The van der Waals surface area contributed by atoms with E-state index in [0.29, 0.717) is 0 Å². The van der Waals surface area contributed by atoms with Gasteiger partial charge in [0.1, 0.15) is 0 Å². The highest BCUT2D eigenvalue weighted by molar-refractivity contribution is 7.99. The van der Waals surface area contributed by atoms with Crippen molar-refractivity contribution in [1.82, 2.24) is 0 Å². The van der Waals surface area contributed by atoms with Gasteiger partial charge in [-0.3, -0.25) is 0 Å². The van der Waals surface area contributed by atoms with Crippen molar-refractivity contribution in [3.8, 4) is 0 Å². The number of hydrogen-bond donors (Lipinski definition) is 1. The molecule has 0 spiro atoms. The molecule has 1 unspecified atom stereocenters. The normalized spacial score (nSPS) is 12.4. The van der Waals surface area contributed by atoms with Gasteiger partial charge in [0.25, 0.3) is 0 Å². The second-order valence-electron chi connectivity index (χ2n) is 4.38. The second kappa shape index (κ2) is 6.28. The van der Waals surface area contributed by atoms with Crippen molar-refractivity contribution in [2.45, 2.75) is 29.2 Å². The molecule has 0 radical (unpaired) electrons. The first-order valence-electron chi connectivity index (χ1n) is 5.91. The van der Waals surface area contributed by atoms with Gasteiger partial charge in [-0.2, -0.15) is 0 Å².